The van der Waals surface area contributed by atoms with Crippen molar-refractivity contribution in [1.82, 2.24) is 24.4 Å². The molecule has 1 aromatic heterocycles. The highest BCUT2D eigenvalue weighted by atomic mass is 32.2. The van der Waals surface area contributed by atoms with E-state index < -0.39 is 10.0 Å². The monoisotopic (exact) mass is 377 g/mol. The zero-order valence-corrected chi connectivity index (χ0v) is 16.8. The Labute approximate surface area is 155 Å². The van der Waals surface area contributed by atoms with E-state index in [2.05, 4.69) is 20.1 Å². The zero-order valence-electron chi connectivity index (χ0n) is 16.0. The summed E-state index contributed by atoms with van der Waals surface area (Å²) in [5.74, 6) is 1.66. The lowest BCUT2D eigenvalue weighted by Gasteiger charge is -2.40. The summed E-state index contributed by atoms with van der Waals surface area (Å²) in [6.07, 6.45) is 0.699. The molecule has 0 amide bonds. The molecule has 1 aromatic carbocycles. The van der Waals surface area contributed by atoms with Crippen LogP contribution in [0.5, 0.6) is 0 Å². The van der Waals surface area contributed by atoms with Crippen LogP contribution in [0.2, 0.25) is 0 Å². The van der Waals surface area contributed by atoms with Gasteiger partial charge in [0.25, 0.3) is 0 Å². The van der Waals surface area contributed by atoms with E-state index in [0.29, 0.717) is 24.4 Å². The molecule has 26 heavy (non-hydrogen) atoms. The van der Waals surface area contributed by atoms with E-state index in [1.807, 2.05) is 47.0 Å². The van der Waals surface area contributed by atoms with E-state index in [0.717, 1.165) is 22.8 Å². The van der Waals surface area contributed by atoms with Crippen molar-refractivity contribution in [1.29, 1.82) is 0 Å². The fraction of sp³-hybridized carbons (Fsp3) is 0.556. The van der Waals surface area contributed by atoms with Crippen LogP contribution in [0, 0.1) is 20.8 Å². The molecule has 1 aliphatic heterocycles. The molecule has 2 atom stereocenters. The van der Waals surface area contributed by atoms with Crippen LogP contribution in [0.3, 0.4) is 0 Å². The molecule has 1 saturated heterocycles. The summed E-state index contributed by atoms with van der Waals surface area (Å²) < 4.78 is 28.0. The largest absolute Gasteiger partial charge is 0.304 e. The van der Waals surface area contributed by atoms with Crippen molar-refractivity contribution >= 4 is 10.0 Å². The Morgan fingerprint density at radius 2 is 1.96 bits per heavy atom. The van der Waals surface area contributed by atoms with Crippen LogP contribution in [-0.2, 0) is 10.0 Å². The molecule has 0 radical (unpaired) electrons. The molecule has 2 aromatic rings. The fourth-order valence-corrected chi connectivity index (χ4v) is 5.38. The van der Waals surface area contributed by atoms with E-state index in [9.17, 15) is 8.42 Å². The molecule has 1 aliphatic rings. The van der Waals surface area contributed by atoms with Crippen molar-refractivity contribution in [3.63, 3.8) is 0 Å². The summed E-state index contributed by atoms with van der Waals surface area (Å²) in [5, 5.41) is 7.20. The minimum atomic E-state index is -3.52. The van der Waals surface area contributed by atoms with Gasteiger partial charge in [0, 0.05) is 25.0 Å². The number of H-pyrrole nitrogens is 1. The molecule has 8 heteroatoms. The van der Waals surface area contributed by atoms with E-state index in [-0.39, 0.29) is 12.0 Å². The summed E-state index contributed by atoms with van der Waals surface area (Å²) in [5.41, 5.74) is 1.85. The Balaban J connectivity index is 1.89. The van der Waals surface area contributed by atoms with E-state index in [4.69, 9.17) is 0 Å². The SMILES string of the molecule is Cc1ccc(S(=O)(=O)N2CC[C@H](c3n[nH]c(C)n3)[C@H](N(C)C)C2)c(C)c1. The highest BCUT2D eigenvalue weighted by Gasteiger charge is 2.39. The van der Waals surface area contributed by atoms with Gasteiger partial charge in [0.05, 0.1) is 4.90 Å². The lowest BCUT2D eigenvalue weighted by molar-refractivity contribution is 0.161. The van der Waals surface area contributed by atoms with Crippen molar-refractivity contribution in [2.75, 3.05) is 27.2 Å². The normalized spacial score (nSPS) is 22.1. The second kappa shape index (κ2) is 7.09. The predicted molar refractivity (Wildman–Crippen MR) is 101 cm³/mol. The van der Waals surface area contributed by atoms with Crippen molar-refractivity contribution in [3.8, 4) is 0 Å². The first kappa shape index (κ1) is 19.0. The number of sulfonamides is 1. The van der Waals surface area contributed by atoms with E-state index in [1.165, 1.54) is 0 Å². The van der Waals surface area contributed by atoms with Gasteiger partial charge < -0.3 is 4.90 Å². The van der Waals surface area contributed by atoms with Gasteiger partial charge in [-0.15, -0.1) is 0 Å². The van der Waals surface area contributed by atoms with Crippen LogP contribution >= 0.6 is 0 Å². The lowest BCUT2D eigenvalue weighted by atomic mass is 9.91. The molecule has 2 heterocycles. The number of hydrogen-bond acceptors (Lipinski definition) is 5. The number of benzene rings is 1. The molecule has 0 aliphatic carbocycles. The number of aromatic amines is 1. The molecule has 142 valence electrons. The summed E-state index contributed by atoms with van der Waals surface area (Å²) in [4.78, 5) is 6.94. The van der Waals surface area contributed by atoms with Crippen molar-refractivity contribution in [2.24, 2.45) is 0 Å². The molecule has 1 fully saturated rings. The zero-order chi connectivity index (χ0) is 19.1. The summed E-state index contributed by atoms with van der Waals surface area (Å²) in [6.45, 7) is 6.60. The molecular formula is C18H27N5O2S. The topological polar surface area (TPSA) is 82.2 Å². The van der Waals surface area contributed by atoms with Crippen LogP contribution in [0.4, 0.5) is 0 Å². The van der Waals surface area contributed by atoms with Crippen LogP contribution in [-0.4, -0.2) is 66.0 Å². The maximum Gasteiger partial charge on any atom is 0.243 e. The van der Waals surface area contributed by atoms with Gasteiger partial charge in [-0.2, -0.15) is 9.40 Å². The Bertz CT molecular complexity index is 891. The van der Waals surface area contributed by atoms with Gasteiger partial charge in [-0.05, 0) is 52.9 Å². The average molecular weight is 378 g/mol. The van der Waals surface area contributed by atoms with Gasteiger partial charge in [0.2, 0.25) is 10.0 Å². The first-order chi connectivity index (χ1) is 12.2. The maximum atomic E-state index is 13.2. The molecule has 0 unspecified atom stereocenters. The average Bonchev–Trinajstić information content (AvgIpc) is 3.00. The Morgan fingerprint density at radius 3 is 2.54 bits per heavy atom. The second-order valence-electron chi connectivity index (χ2n) is 7.34. The van der Waals surface area contributed by atoms with Gasteiger partial charge in [-0.25, -0.2) is 13.4 Å². The highest BCUT2D eigenvalue weighted by molar-refractivity contribution is 7.89. The Morgan fingerprint density at radius 1 is 1.23 bits per heavy atom. The third-order valence-electron chi connectivity index (χ3n) is 5.10. The smallest absolute Gasteiger partial charge is 0.243 e. The molecule has 7 nitrogen and oxygen atoms in total. The summed E-state index contributed by atoms with van der Waals surface area (Å²) in [7, 11) is 0.435. The molecule has 1 N–H and O–H groups in total. The third-order valence-corrected chi connectivity index (χ3v) is 7.13. The minimum absolute atomic E-state index is 0.0273. The number of rotatable bonds is 4. The number of nitrogens with one attached hydrogen (secondary N) is 1. The van der Waals surface area contributed by atoms with Gasteiger partial charge in [-0.1, -0.05) is 17.7 Å². The summed E-state index contributed by atoms with van der Waals surface area (Å²) >= 11 is 0. The number of aromatic nitrogens is 3. The maximum absolute atomic E-state index is 13.2. The van der Waals surface area contributed by atoms with Crippen molar-refractivity contribution in [3.05, 3.63) is 41.0 Å². The number of piperidine rings is 1. The quantitative estimate of drug-likeness (QED) is 0.879. The number of nitrogens with zero attached hydrogens (tertiary/aromatic N) is 4. The fourth-order valence-electron chi connectivity index (χ4n) is 3.70. The van der Waals surface area contributed by atoms with E-state index in [1.54, 1.807) is 10.4 Å². The minimum Gasteiger partial charge on any atom is -0.304 e. The van der Waals surface area contributed by atoms with Gasteiger partial charge >= 0.3 is 0 Å². The van der Waals surface area contributed by atoms with Crippen LogP contribution in [0.15, 0.2) is 23.1 Å². The number of likely N-dealkylation sites (N-methyl/N-ethyl adjacent to an activating group) is 1. The standard InChI is InChI=1S/C18H27N5O2S/c1-12-6-7-17(13(2)10-12)26(24,25)23-9-8-15(16(11-23)22(4)5)18-19-14(3)20-21-18/h6-7,10,15-16H,8-9,11H2,1-5H3,(H,19,20,21)/t15-,16+/m0/s1. The first-order valence-corrected chi connectivity index (χ1v) is 10.3. The predicted octanol–water partition coefficient (Wildman–Crippen LogP) is 1.84. The number of aryl methyl sites for hydroxylation is 3. The van der Waals surface area contributed by atoms with Crippen LogP contribution < -0.4 is 0 Å². The first-order valence-electron chi connectivity index (χ1n) is 8.83. The molecule has 0 bridgehead atoms. The van der Waals surface area contributed by atoms with Crippen LogP contribution in [0.1, 0.15) is 35.1 Å². The Kier molecular flexibility index (Phi) is 5.18. The Hall–Kier alpha value is -1.77. The van der Waals surface area contributed by atoms with Gasteiger partial charge in [0.1, 0.15) is 5.82 Å². The summed E-state index contributed by atoms with van der Waals surface area (Å²) in [6, 6.07) is 5.51. The van der Waals surface area contributed by atoms with E-state index >= 15 is 0 Å². The van der Waals surface area contributed by atoms with Gasteiger partial charge in [0.15, 0.2) is 5.82 Å². The van der Waals surface area contributed by atoms with Crippen molar-refractivity contribution in [2.45, 2.75) is 44.0 Å². The third kappa shape index (κ3) is 3.54. The van der Waals surface area contributed by atoms with Crippen molar-refractivity contribution < 1.29 is 8.42 Å². The van der Waals surface area contributed by atoms with Crippen LogP contribution in [0.25, 0.3) is 0 Å². The highest BCUT2D eigenvalue weighted by Crippen LogP contribution is 2.32. The lowest BCUT2D eigenvalue weighted by Crippen LogP contribution is -2.51. The van der Waals surface area contributed by atoms with Gasteiger partial charge in [-0.3, -0.25) is 5.10 Å². The number of hydrogen-bond donors (Lipinski definition) is 1. The molecule has 0 spiro atoms. The molecule has 0 saturated carbocycles. The molecule has 3 rings (SSSR count). The molecular weight excluding hydrogens is 350 g/mol. The second-order valence-corrected chi connectivity index (χ2v) is 9.24.